The Morgan fingerprint density at radius 1 is 1.29 bits per heavy atom. The van der Waals surface area contributed by atoms with Gasteiger partial charge in [-0.2, -0.15) is 13.2 Å². The van der Waals surface area contributed by atoms with E-state index in [1.807, 2.05) is 0 Å². The van der Waals surface area contributed by atoms with Crippen LogP contribution in [0.25, 0.3) is 0 Å². The summed E-state index contributed by atoms with van der Waals surface area (Å²) in [5, 5.41) is 5.32. The van der Waals surface area contributed by atoms with Crippen LogP contribution in [0.3, 0.4) is 0 Å². The number of carbonyl (C=O) groups is 1. The van der Waals surface area contributed by atoms with Crippen LogP contribution in [0.4, 0.5) is 18.9 Å². The van der Waals surface area contributed by atoms with Crippen molar-refractivity contribution in [1.29, 1.82) is 0 Å². The first kappa shape index (κ1) is 16.1. The Balaban J connectivity index is 1.99. The predicted octanol–water partition coefficient (Wildman–Crippen LogP) is 3.83. The van der Waals surface area contributed by atoms with E-state index in [1.54, 1.807) is 0 Å². The lowest BCUT2D eigenvalue weighted by Gasteiger charge is -2.15. The highest BCUT2D eigenvalue weighted by Gasteiger charge is 2.34. The predicted molar refractivity (Wildman–Crippen MR) is 75.3 cm³/mol. The first-order valence-electron chi connectivity index (χ1n) is 6.76. The fourth-order valence-electron chi connectivity index (χ4n) is 2.42. The molecule has 1 aromatic carbocycles. The summed E-state index contributed by atoms with van der Waals surface area (Å²) in [7, 11) is 0. The second-order valence-electron chi connectivity index (χ2n) is 5.10. The minimum absolute atomic E-state index is 0.00455. The van der Waals surface area contributed by atoms with Crippen molar-refractivity contribution in [2.24, 2.45) is 0 Å². The lowest BCUT2D eigenvalue weighted by molar-refractivity contribution is -0.137. The number of hydrogen-bond acceptors (Lipinski definition) is 2. The van der Waals surface area contributed by atoms with Crippen molar-refractivity contribution in [1.82, 2.24) is 5.32 Å². The molecule has 0 bridgehead atoms. The van der Waals surface area contributed by atoms with Crippen LogP contribution >= 0.6 is 11.6 Å². The third-order valence-electron chi connectivity index (χ3n) is 3.47. The summed E-state index contributed by atoms with van der Waals surface area (Å²) < 4.78 is 38.7. The zero-order valence-corrected chi connectivity index (χ0v) is 12.0. The second-order valence-corrected chi connectivity index (χ2v) is 5.53. The SMILES string of the molecule is O=C(CNC1CCCC1)Nc1ccc(Cl)cc1C(F)(F)F. The van der Waals surface area contributed by atoms with Crippen LogP contribution in [0.1, 0.15) is 31.2 Å². The highest BCUT2D eigenvalue weighted by molar-refractivity contribution is 6.30. The zero-order chi connectivity index (χ0) is 15.5. The number of hydrogen-bond donors (Lipinski definition) is 2. The summed E-state index contributed by atoms with van der Waals surface area (Å²) in [4.78, 5) is 11.8. The number of halogens is 4. The van der Waals surface area contributed by atoms with E-state index >= 15 is 0 Å². The monoisotopic (exact) mass is 320 g/mol. The molecular weight excluding hydrogens is 305 g/mol. The highest BCUT2D eigenvalue weighted by Crippen LogP contribution is 2.36. The molecule has 0 atom stereocenters. The molecule has 0 radical (unpaired) electrons. The molecule has 116 valence electrons. The molecule has 0 heterocycles. The zero-order valence-electron chi connectivity index (χ0n) is 11.3. The molecular formula is C14H16ClF3N2O. The number of benzene rings is 1. The van der Waals surface area contributed by atoms with E-state index < -0.39 is 17.6 Å². The third kappa shape index (κ3) is 4.61. The molecule has 7 heteroatoms. The maximum absolute atomic E-state index is 12.9. The molecule has 0 saturated heterocycles. The Morgan fingerprint density at radius 3 is 2.57 bits per heavy atom. The standard InChI is InChI=1S/C14H16ClF3N2O/c15-9-5-6-12(11(7-9)14(16,17)18)20-13(21)8-19-10-3-1-2-4-10/h5-7,10,19H,1-4,8H2,(H,20,21). The minimum Gasteiger partial charge on any atom is -0.324 e. The second kappa shape index (κ2) is 6.66. The highest BCUT2D eigenvalue weighted by atomic mass is 35.5. The smallest absolute Gasteiger partial charge is 0.324 e. The molecule has 1 amide bonds. The van der Waals surface area contributed by atoms with E-state index in [2.05, 4.69) is 10.6 Å². The lowest BCUT2D eigenvalue weighted by Crippen LogP contribution is -2.34. The Kier molecular flexibility index (Phi) is 5.11. The number of nitrogens with one attached hydrogen (secondary N) is 2. The van der Waals surface area contributed by atoms with Crippen molar-refractivity contribution < 1.29 is 18.0 Å². The van der Waals surface area contributed by atoms with Gasteiger partial charge in [0, 0.05) is 11.1 Å². The Morgan fingerprint density at radius 2 is 1.95 bits per heavy atom. The quantitative estimate of drug-likeness (QED) is 0.885. The van der Waals surface area contributed by atoms with Crippen molar-refractivity contribution in [3.63, 3.8) is 0 Å². The van der Waals surface area contributed by atoms with Gasteiger partial charge in [-0.1, -0.05) is 24.4 Å². The Bertz CT molecular complexity index is 513. The van der Waals surface area contributed by atoms with Crippen molar-refractivity contribution in [3.8, 4) is 0 Å². The van der Waals surface area contributed by atoms with Crippen LogP contribution in [0.5, 0.6) is 0 Å². The first-order chi connectivity index (χ1) is 9.86. The number of anilines is 1. The summed E-state index contributed by atoms with van der Waals surface area (Å²) in [5.74, 6) is -0.491. The van der Waals surface area contributed by atoms with Crippen LogP contribution in [0.15, 0.2) is 18.2 Å². The maximum atomic E-state index is 12.9. The number of alkyl halides is 3. The van der Waals surface area contributed by atoms with Crippen molar-refractivity contribution in [2.75, 3.05) is 11.9 Å². The molecule has 1 fully saturated rings. The number of amides is 1. The van der Waals surface area contributed by atoms with Crippen molar-refractivity contribution in [3.05, 3.63) is 28.8 Å². The molecule has 0 unspecified atom stereocenters. The van der Waals surface area contributed by atoms with Gasteiger partial charge in [-0.15, -0.1) is 0 Å². The molecule has 1 aliphatic rings. The van der Waals surface area contributed by atoms with E-state index in [0.29, 0.717) is 0 Å². The van der Waals surface area contributed by atoms with Gasteiger partial charge in [0.1, 0.15) is 0 Å². The Labute approximate surface area is 125 Å². The van der Waals surface area contributed by atoms with Gasteiger partial charge >= 0.3 is 6.18 Å². The van der Waals surface area contributed by atoms with E-state index in [0.717, 1.165) is 31.7 Å². The number of carbonyl (C=O) groups excluding carboxylic acids is 1. The Hall–Kier alpha value is -1.27. The van der Waals surface area contributed by atoms with Crippen molar-refractivity contribution >= 4 is 23.2 Å². The van der Waals surface area contributed by atoms with Gasteiger partial charge in [0.25, 0.3) is 0 Å². The molecule has 2 rings (SSSR count). The molecule has 0 spiro atoms. The molecule has 3 nitrogen and oxygen atoms in total. The van der Waals surface area contributed by atoms with E-state index in [1.165, 1.54) is 12.1 Å². The van der Waals surface area contributed by atoms with Gasteiger partial charge in [0.15, 0.2) is 0 Å². The number of rotatable bonds is 4. The average Bonchev–Trinajstić information content (AvgIpc) is 2.90. The molecule has 1 aromatic rings. The van der Waals surface area contributed by atoms with Gasteiger partial charge in [0.05, 0.1) is 17.8 Å². The summed E-state index contributed by atoms with van der Waals surface area (Å²) in [6.45, 7) is 0.00455. The summed E-state index contributed by atoms with van der Waals surface area (Å²) in [5.41, 5.74) is -1.21. The van der Waals surface area contributed by atoms with E-state index in [9.17, 15) is 18.0 Å². The molecule has 21 heavy (non-hydrogen) atoms. The molecule has 1 saturated carbocycles. The summed E-state index contributed by atoms with van der Waals surface area (Å²) >= 11 is 5.58. The summed E-state index contributed by atoms with van der Waals surface area (Å²) in [6, 6.07) is 3.57. The third-order valence-corrected chi connectivity index (χ3v) is 3.70. The molecule has 2 N–H and O–H groups in total. The van der Waals surface area contributed by atoms with Gasteiger partial charge in [-0.3, -0.25) is 4.79 Å². The normalized spacial score (nSPS) is 16.2. The lowest BCUT2D eigenvalue weighted by atomic mass is 10.1. The van der Waals surface area contributed by atoms with E-state index in [-0.39, 0.29) is 23.3 Å². The topological polar surface area (TPSA) is 41.1 Å². The molecule has 1 aliphatic carbocycles. The molecule has 0 aromatic heterocycles. The minimum atomic E-state index is -4.56. The van der Waals surface area contributed by atoms with Crippen LogP contribution in [-0.2, 0) is 11.0 Å². The summed E-state index contributed by atoms with van der Waals surface area (Å²) in [6.07, 6.45) is -0.320. The molecule has 0 aliphatic heterocycles. The van der Waals surface area contributed by atoms with E-state index in [4.69, 9.17) is 11.6 Å². The van der Waals surface area contributed by atoms with Crippen LogP contribution in [-0.4, -0.2) is 18.5 Å². The van der Waals surface area contributed by atoms with Gasteiger partial charge in [-0.05, 0) is 31.0 Å². The fourth-order valence-corrected chi connectivity index (χ4v) is 2.59. The maximum Gasteiger partial charge on any atom is 0.418 e. The van der Waals surface area contributed by atoms with Crippen LogP contribution in [0, 0.1) is 0 Å². The van der Waals surface area contributed by atoms with Gasteiger partial charge in [-0.25, -0.2) is 0 Å². The van der Waals surface area contributed by atoms with Crippen LogP contribution < -0.4 is 10.6 Å². The average molecular weight is 321 g/mol. The van der Waals surface area contributed by atoms with Crippen molar-refractivity contribution in [2.45, 2.75) is 37.9 Å². The van der Waals surface area contributed by atoms with Gasteiger partial charge in [0.2, 0.25) is 5.91 Å². The first-order valence-corrected chi connectivity index (χ1v) is 7.14. The fraction of sp³-hybridized carbons (Fsp3) is 0.500. The largest absolute Gasteiger partial charge is 0.418 e. The van der Waals surface area contributed by atoms with Crippen LogP contribution in [0.2, 0.25) is 5.02 Å². The van der Waals surface area contributed by atoms with Gasteiger partial charge < -0.3 is 10.6 Å².